The molecule has 1 unspecified atom stereocenters. The number of aromatic nitrogens is 4. The molecular weight excluding hydrogens is 322 g/mol. The second kappa shape index (κ2) is 8.54. The third kappa shape index (κ3) is 5.23. The van der Waals surface area contributed by atoms with Crippen molar-refractivity contribution in [2.75, 3.05) is 32.8 Å². The maximum Gasteiger partial charge on any atom is 0.315 e. The Morgan fingerprint density at radius 3 is 2.88 bits per heavy atom. The Bertz CT molecular complexity index is 654. The molecule has 9 heteroatoms. The average molecular weight is 345 g/mol. The van der Waals surface area contributed by atoms with Gasteiger partial charge in [-0.05, 0) is 18.6 Å². The largest absolute Gasteiger partial charge is 0.379 e. The predicted octanol–water partition coefficient (Wildman–Crippen LogP) is 0.182. The fraction of sp³-hybridized carbons (Fsp3) is 0.500. The van der Waals surface area contributed by atoms with Crippen molar-refractivity contribution >= 4 is 6.03 Å². The van der Waals surface area contributed by atoms with E-state index >= 15 is 0 Å². The number of carbonyl (C=O) groups is 1. The number of nitrogens with one attached hydrogen (secondary N) is 2. The monoisotopic (exact) mass is 345 g/mol. The fourth-order valence-corrected chi connectivity index (χ4v) is 2.66. The van der Waals surface area contributed by atoms with Gasteiger partial charge in [0, 0.05) is 38.4 Å². The van der Waals surface area contributed by atoms with Gasteiger partial charge in [0.1, 0.15) is 12.7 Å². The first-order valence-corrected chi connectivity index (χ1v) is 8.35. The smallest absolute Gasteiger partial charge is 0.315 e. The molecule has 0 radical (unpaired) electrons. The summed E-state index contributed by atoms with van der Waals surface area (Å²) in [6.45, 7) is 6.59. The van der Waals surface area contributed by atoms with Crippen LogP contribution in [-0.4, -0.2) is 69.6 Å². The van der Waals surface area contributed by atoms with Crippen molar-refractivity contribution < 1.29 is 9.53 Å². The lowest BCUT2D eigenvalue weighted by molar-refractivity contribution is 0.0349. The summed E-state index contributed by atoms with van der Waals surface area (Å²) in [5, 5.41) is 9.83. The maximum atomic E-state index is 12.0. The van der Waals surface area contributed by atoms with Gasteiger partial charge in [0.2, 0.25) is 0 Å². The van der Waals surface area contributed by atoms with Crippen molar-refractivity contribution in [3.8, 4) is 5.82 Å². The first-order valence-electron chi connectivity index (χ1n) is 8.35. The molecule has 0 spiro atoms. The van der Waals surface area contributed by atoms with Gasteiger partial charge >= 0.3 is 6.03 Å². The average Bonchev–Trinajstić information content (AvgIpc) is 3.16. The lowest BCUT2D eigenvalue weighted by Gasteiger charge is -2.29. The Morgan fingerprint density at radius 2 is 2.20 bits per heavy atom. The number of ether oxygens (including phenoxy) is 1. The van der Waals surface area contributed by atoms with Crippen LogP contribution in [0, 0.1) is 0 Å². The number of carbonyl (C=O) groups excluding carboxylic acids is 1. The molecule has 3 rings (SSSR count). The fourth-order valence-electron chi connectivity index (χ4n) is 2.66. The highest BCUT2D eigenvalue weighted by atomic mass is 16.5. The summed E-state index contributed by atoms with van der Waals surface area (Å²) in [6.07, 6.45) is 4.76. The van der Waals surface area contributed by atoms with E-state index in [-0.39, 0.29) is 12.1 Å². The highest BCUT2D eigenvalue weighted by Gasteiger charge is 2.15. The molecule has 2 amide bonds. The Hall–Kier alpha value is -2.52. The first-order chi connectivity index (χ1) is 12.2. The summed E-state index contributed by atoms with van der Waals surface area (Å²) in [7, 11) is 0. The summed E-state index contributed by atoms with van der Waals surface area (Å²) in [4.78, 5) is 22.5. The van der Waals surface area contributed by atoms with Gasteiger partial charge in [-0.2, -0.15) is 5.10 Å². The van der Waals surface area contributed by atoms with Crippen LogP contribution in [0.4, 0.5) is 4.79 Å². The van der Waals surface area contributed by atoms with Gasteiger partial charge in [-0.15, -0.1) is 0 Å². The molecule has 1 fully saturated rings. The molecule has 3 heterocycles. The number of pyridine rings is 1. The number of morpholine rings is 1. The normalized spacial score (nSPS) is 16.4. The van der Waals surface area contributed by atoms with Crippen molar-refractivity contribution in [3.05, 3.63) is 36.5 Å². The quantitative estimate of drug-likeness (QED) is 0.775. The van der Waals surface area contributed by atoms with Crippen LogP contribution in [0.3, 0.4) is 0 Å². The molecule has 25 heavy (non-hydrogen) atoms. The Balaban J connectivity index is 1.41. The second-order valence-electron chi connectivity index (χ2n) is 6.01. The minimum absolute atomic E-state index is 0.0749. The molecule has 0 aliphatic carbocycles. The highest BCUT2D eigenvalue weighted by Crippen LogP contribution is 2.04. The SMILES string of the molecule is CC(CN1CCOCC1)NC(=O)NCc1ccc(-n2cncn2)nc1. The van der Waals surface area contributed by atoms with Crippen LogP contribution in [0.5, 0.6) is 0 Å². The molecule has 1 aliphatic rings. The number of amides is 2. The van der Waals surface area contributed by atoms with Gasteiger partial charge in [-0.3, -0.25) is 4.90 Å². The van der Waals surface area contributed by atoms with Crippen LogP contribution >= 0.6 is 0 Å². The minimum Gasteiger partial charge on any atom is -0.379 e. The van der Waals surface area contributed by atoms with Crippen LogP contribution in [0.2, 0.25) is 0 Å². The van der Waals surface area contributed by atoms with Gasteiger partial charge in [-0.1, -0.05) is 6.07 Å². The van der Waals surface area contributed by atoms with E-state index in [1.807, 2.05) is 19.1 Å². The van der Waals surface area contributed by atoms with Crippen molar-refractivity contribution in [1.29, 1.82) is 0 Å². The van der Waals surface area contributed by atoms with Crippen LogP contribution in [0.25, 0.3) is 5.82 Å². The minimum atomic E-state index is -0.180. The van der Waals surface area contributed by atoms with E-state index in [2.05, 4.69) is 30.6 Å². The van der Waals surface area contributed by atoms with Crippen molar-refractivity contribution in [2.24, 2.45) is 0 Å². The van der Waals surface area contributed by atoms with Crippen molar-refractivity contribution in [3.63, 3.8) is 0 Å². The van der Waals surface area contributed by atoms with E-state index in [0.29, 0.717) is 12.4 Å². The standard InChI is InChI=1S/C16H23N7O2/c1-13(10-22-4-6-25-7-5-22)21-16(24)19-9-14-2-3-15(18-8-14)23-12-17-11-20-23/h2-3,8,11-13H,4-7,9-10H2,1H3,(H2,19,21,24). The van der Waals surface area contributed by atoms with Crippen LogP contribution in [-0.2, 0) is 11.3 Å². The molecule has 1 atom stereocenters. The van der Waals surface area contributed by atoms with E-state index < -0.39 is 0 Å². The number of rotatable bonds is 6. The Labute approximate surface area is 146 Å². The maximum absolute atomic E-state index is 12.0. The highest BCUT2D eigenvalue weighted by molar-refractivity contribution is 5.74. The molecule has 1 aliphatic heterocycles. The molecule has 0 aromatic carbocycles. The zero-order chi connectivity index (χ0) is 17.5. The molecule has 2 aromatic rings. The van der Waals surface area contributed by atoms with E-state index in [1.165, 1.54) is 6.33 Å². The summed E-state index contributed by atoms with van der Waals surface area (Å²) in [5.41, 5.74) is 0.917. The molecule has 0 bridgehead atoms. The number of urea groups is 1. The molecular formula is C16H23N7O2. The molecule has 2 aromatic heterocycles. The van der Waals surface area contributed by atoms with E-state index in [9.17, 15) is 4.79 Å². The Morgan fingerprint density at radius 1 is 1.36 bits per heavy atom. The molecule has 1 saturated heterocycles. The lowest BCUT2D eigenvalue weighted by atomic mass is 10.2. The van der Waals surface area contributed by atoms with Crippen LogP contribution in [0.1, 0.15) is 12.5 Å². The van der Waals surface area contributed by atoms with Crippen LogP contribution in [0.15, 0.2) is 31.0 Å². The summed E-state index contributed by atoms with van der Waals surface area (Å²) >= 11 is 0. The Kier molecular flexibility index (Phi) is 5.91. The van der Waals surface area contributed by atoms with Gasteiger partial charge in [-0.25, -0.2) is 19.4 Å². The summed E-state index contributed by atoms with van der Waals surface area (Å²) in [6, 6.07) is 3.64. The zero-order valence-corrected chi connectivity index (χ0v) is 14.3. The summed E-state index contributed by atoms with van der Waals surface area (Å²) < 4.78 is 6.91. The van der Waals surface area contributed by atoms with Crippen molar-refractivity contribution in [2.45, 2.75) is 19.5 Å². The molecule has 9 nitrogen and oxygen atoms in total. The predicted molar refractivity (Wildman–Crippen MR) is 91.2 cm³/mol. The zero-order valence-electron chi connectivity index (χ0n) is 14.3. The van der Waals surface area contributed by atoms with Crippen molar-refractivity contribution in [1.82, 2.24) is 35.3 Å². The number of hydrogen-bond acceptors (Lipinski definition) is 6. The lowest BCUT2D eigenvalue weighted by Crippen LogP contribution is -2.48. The molecule has 0 saturated carbocycles. The second-order valence-corrected chi connectivity index (χ2v) is 6.01. The number of hydrogen-bond donors (Lipinski definition) is 2. The van der Waals surface area contributed by atoms with E-state index in [1.54, 1.807) is 17.2 Å². The summed E-state index contributed by atoms with van der Waals surface area (Å²) in [5.74, 6) is 0.685. The molecule has 134 valence electrons. The third-order valence-corrected chi connectivity index (χ3v) is 3.93. The van der Waals surface area contributed by atoms with Gasteiger partial charge in [0.15, 0.2) is 5.82 Å². The van der Waals surface area contributed by atoms with Gasteiger partial charge in [0.05, 0.1) is 13.2 Å². The topological polar surface area (TPSA) is 97.2 Å². The third-order valence-electron chi connectivity index (χ3n) is 3.93. The van der Waals surface area contributed by atoms with Crippen LogP contribution < -0.4 is 10.6 Å². The van der Waals surface area contributed by atoms with E-state index in [4.69, 9.17) is 4.74 Å². The number of nitrogens with zero attached hydrogens (tertiary/aromatic N) is 5. The van der Waals surface area contributed by atoms with Gasteiger partial charge < -0.3 is 15.4 Å². The first kappa shape index (κ1) is 17.3. The van der Waals surface area contributed by atoms with Gasteiger partial charge in [0.25, 0.3) is 0 Å². The molecule has 2 N–H and O–H groups in total. The van der Waals surface area contributed by atoms with E-state index in [0.717, 1.165) is 38.4 Å².